The number of aryl methyl sites for hydroxylation is 2. The van der Waals surface area contributed by atoms with Gasteiger partial charge in [0.2, 0.25) is 0 Å². The van der Waals surface area contributed by atoms with Crippen molar-refractivity contribution in [2.45, 2.75) is 40.0 Å². The summed E-state index contributed by atoms with van der Waals surface area (Å²) in [4.78, 5) is 0. The van der Waals surface area contributed by atoms with E-state index in [2.05, 4.69) is 171 Å². The van der Waals surface area contributed by atoms with Gasteiger partial charge in [0.15, 0.2) is 0 Å². The molecule has 0 bridgehead atoms. The first-order valence-corrected chi connectivity index (χ1v) is 18.4. The van der Waals surface area contributed by atoms with Crippen LogP contribution in [0.5, 0.6) is 0 Å². The molecular weight excluding hydrogens is 681 g/mol. The summed E-state index contributed by atoms with van der Waals surface area (Å²) in [5, 5.41) is 8.32. The molecule has 0 unspecified atom stereocenters. The summed E-state index contributed by atoms with van der Waals surface area (Å²) in [5.74, 6) is 2.81. The molecule has 0 atom stereocenters. The third kappa shape index (κ3) is 14.0. The second-order valence-electron chi connectivity index (χ2n) is 10.1. The van der Waals surface area contributed by atoms with Crippen molar-refractivity contribution in [1.82, 2.24) is 0 Å². The molecule has 4 heteroatoms. The fourth-order valence-electron chi connectivity index (χ4n) is 4.50. The predicted octanol–water partition coefficient (Wildman–Crippen LogP) is 9.04. The number of unbranched alkanes of at least 4 members (excludes halogenated alkanes) is 2. The number of hydrogen-bond donors (Lipinski definition) is 0. The zero-order chi connectivity index (χ0) is 30.5. The van der Waals surface area contributed by atoms with Crippen molar-refractivity contribution < 1.29 is 20.4 Å². The van der Waals surface area contributed by atoms with Crippen molar-refractivity contribution in [2.24, 2.45) is 0 Å². The van der Waals surface area contributed by atoms with Crippen LogP contribution in [0.15, 0.2) is 140 Å². The van der Waals surface area contributed by atoms with Gasteiger partial charge in [-0.05, 0) is 55.8 Å². The number of hydrogen-bond acceptors (Lipinski definition) is 1. The molecule has 44 heavy (non-hydrogen) atoms. The second kappa shape index (κ2) is 22.8. The fraction of sp³-hybridized carbons (Fsp3) is 0.200. The van der Waals surface area contributed by atoms with Crippen LogP contribution in [-0.2, 0) is 33.1 Å². The van der Waals surface area contributed by atoms with Crippen molar-refractivity contribution in [3.05, 3.63) is 157 Å². The summed E-state index contributed by atoms with van der Waals surface area (Å²) in [6.45, 7) is 6.28. The molecule has 0 aliphatic heterocycles. The van der Waals surface area contributed by atoms with Gasteiger partial charge in [-0.2, -0.15) is 35.4 Å². The maximum absolute atomic E-state index is 4.40. The van der Waals surface area contributed by atoms with Gasteiger partial charge in [0.25, 0.3) is 0 Å². The summed E-state index contributed by atoms with van der Waals surface area (Å²) in [6, 6.07) is 53.4. The molecule has 0 fully saturated rings. The van der Waals surface area contributed by atoms with E-state index in [1.54, 1.807) is 0 Å². The van der Waals surface area contributed by atoms with Crippen LogP contribution in [0.4, 0.5) is 0 Å². The SMILES string of the molecule is CCCCC#C[S-].Cc1[c-]ccc(C)c1.[Pd+2].c1ccc(P(CCP(c2ccccc2)c2ccccc2)c2ccccc2)cc1. The van der Waals surface area contributed by atoms with Crippen LogP contribution >= 0.6 is 15.8 Å². The first kappa shape index (κ1) is 37.6. The minimum Gasteiger partial charge on any atom is -0.725 e. The number of benzene rings is 5. The molecule has 0 saturated carbocycles. The van der Waals surface area contributed by atoms with Gasteiger partial charge in [0, 0.05) is 6.42 Å². The zero-order valence-electron chi connectivity index (χ0n) is 25.9. The Labute approximate surface area is 288 Å². The van der Waals surface area contributed by atoms with Crippen molar-refractivity contribution >= 4 is 49.7 Å². The van der Waals surface area contributed by atoms with Crippen molar-refractivity contribution in [1.29, 1.82) is 0 Å². The minimum absolute atomic E-state index is 0. The summed E-state index contributed by atoms with van der Waals surface area (Å²) < 4.78 is 0. The van der Waals surface area contributed by atoms with Crippen LogP contribution in [-0.4, -0.2) is 12.3 Å². The summed E-state index contributed by atoms with van der Waals surface area (Å²) in [6.07, 6.45) is 5.78. The maximum atomic E-state index is 4.40. The molecule has 0 N–H and O–H groups in total. The molecule has 0 aliphatic rings. The molecule has 0 amide bonds. The van der Waals surface area contributed by atoms with E-state index in [0.717, 1.165) is 6.42 Å². The topological polar surface area (TPSA) is 0 Å². The van der Waals surface area contributed by atoms with Crippen LogP contribution in [0.1, 0.15) is 37.3 Å². The average Bonchev–Trinajstić information content (AvgIpc) is 3.06. The zero-order valence-corrected chi connectivity index (χ0v) is 30.1. The minimum atomic E-state index is -0.348. The maximum Gasteiger partial charge on any atom is 2.00 e. The van der Waals surface area contributed by atoms with Crippen LogP contribution in [0, 0.1) is 31.1 Å². The van der Waals surface area contributed by atoms with Gasteiger partial charge in [0.05, 0.1) is 0 Å². The van der Waals surface area contributed by atoms with Gasteiger partial charge >= 0.3 is 20.4 Å². The van der Waals surface area contributed by atoms with E-state index in [0.29, 0.717) is 0 Å². The molecule has 0 nitrogen and oxygen atoms in total. The van der Waals surface area contributed by atoms with Crippen LogP contribution in [0.3, 0.4) is 0 Å². The summed E-state index contributed by atoms with van der Waals surface area (Å²) in [7, 11) is -0.696. The Hall–Kier alpha value is -2.60. The Kier molecular flexibility index (Phi) is 19.5. The Morgan fingerprint density at radius 3 is 1.27 bits per heavy atom. The Bertz CT molecular complexity index is 1300. The quantitative estimate of drug-likeness (QED) is 0.0366. The molecular formula is C40H42P2PdS. The van der Waals surface area contributed by atoms with Crippen molar-refractivity contribution in [3.8, 4) is 11.2 Å². The first-order valence-electron chi connectivity index (χ1n) is 14.9. The van der Waals surface area contributed by atoms with Crippen molar-refractivity contribution in [2.75, 3.05) is 12.3 Å². The van der Waals surface area contributed by atoms with Crippen LogP contribution in [0.25, 0.3) is 0 Å². The normalized spacial score (nSPS) is 9.84. The van der Waals surface area contributed by atoms with E-state index in [1.807, 2.05) is 19.1 Å². The molecule has 5 aromatic rings. The van der Waals surface area contributed by atoms with Gasteiger partial charge < -0.3 is 12.6 Å². The van der Waals surface area contributed by atoms with Gasteiger partial charge in [-0.15, -0.1) is 5.92 Å². The van der Waals surface area contributed by atoms with Crippen molar-refractivity contribution in [3.63, 3.8) is 0 Å². The molecule has 5 aromatic carbocycles. The second-order valence-corrected chi connectivity index (χ2v) is 15.0. The average molecular weight is 723 g/mol. The molecule has 0 aromatic heterocycles. The van der Waals surface area contributed by atoms with E-state index >= 15 is 0 Å². The number of rotatable bonds is 9. The molecule has 5 rings (SSSR count). The Morgan fingerprint density at radius 1 is 0.614 bits per heavy atom. The predicted molar refractivity (Wildman–Crippen MR) is 197 cm³/mol. The molecule has 0 aliphatic carbocycles. The van der Waals surface area contributed by atoms with Gasteiger partial charge in [0.1, 0.15) is 0 Å². The van der Waals surface area contributed by atoms with E-state index in [1.165, 1.54) is 57.5 Å². The van der Waals surface area contributed by atoms with Crippen LogP contribution < -0.4 is 21.2 Å². The van der Waals surface area contributed by atoms with Gasteiger partial charge in [-0.1, -0.05) is 149 Å². The van der Waals surface area contributed by atoms with E-state index < -0.39 is 0 Å². The molecule has 228 valence electrons. The molecule has 0 spiro atoms. The standard InChI is InChI=1S/C26H24P2.C8H9.C6H10S.Pd/c1-5-13-23(14-6-1)27(24-15-7-2-8-16-24)21-22-28(25-17-9-3-10-18-25)26-19-11-4-12-20-26;1-7-4-3-5-8(2)6-7;1-2-3-4-5-6-7;/h1-20H,21-22H2;3-4,6H,1-2H3;7H,2-4H2,1H3;/q;-1;;+2/p-1. The smallest absolute Gasteiger partial charge is 0.725 e. The summed E-state index contributed by atoms with van der Waals surface area (Å²) >= 11 is 4.40. The van der Waals surface area contributed by atoms with E-state index in [-0.39, 0.29) is 36.3 Å². The van der Waals surface area contributed by atoms with E-state index in [4.69, 9.17) is 0 Å². The van der Waals surface area contributed by atoms with Crippen LogP contribution in [0.2, 0.25) is 0 Å². The van der Waals surface area contributed by atoms with E-state index in [9.17, 15) is 0 Å². The third-order valence-corrected chi connectivity index (χ3v) is 12.2. The Morgan fingerprint density at radius 2 is 1.00 bits per heavy atom. The first-order chi connectivity index (χ1) is 21.1. The molecule has 0 saturated heterocycles. The Balaban J connectivity index is 0.000000348. The summed E-state index contributed by atoms with van der Waals surface area (Å²) in [5.41, 5.74) is 2.52. The largest absolute Gasteiger partial charge is 2.00 e. The molecule has 0 radical (unpaired) electrons. The fourth-order valence-corrected chi connectivity index (χ4v) is 9.96. The third-order valence-electron chi connectivity index (χ3n) is 6.65. The monoisotopic (exact) mass is 722 g/mol. The van der Waals surface area contributed by atoms with Gasteiger partial charge in [-0.25, -0.2) is 5.25 Å². The van der Waals surface area contributed by atoms with Gasteiger partial charge in [-0.3, -0.25) is 0 Å². The molecule has 0 heterocycles.